The van der Waals surface area contributed by atoms with Crippen LogP contribution in [0.15, 0.2) is 22.7 Å². The summed E-state index contributed by atoms with van der Waals surface area (Å²) in [6.07, 6.45) is 2.10. The van der Waals surface area contributed by atoms with E-state index < -0.39 is 11.9 Å². The molecule has 4 heterocycles. The van der Waals surface area contributed by atoms with E-state index in [0.29, 0.717) is 17.3 Å². The van der Waals surface area contributed by atoms with Crippen LogP contribution in [0.3, 0.4) is 0 Å². The predicted molar refractivity (Wildman–Crippen MR) is 123 cm³/mol. The van der Waals surface area contributed by atoms with E-state index in [4.69, 9.17) is 19.9 Å². The minimum absolute atomic E-state index is 0.0946. The van der Waals surface area contributed by atoms with Crippen LogP contribution in [0.4, 0.5) is 5.00 Å². The molecule has 1 fully saturated rings. The molecule has 0 saturated carbocycles. The third-order valence-corrected chi connectivity index (χ3v) is 7.91. The Hall–Kier alpha value is -2.41. The van der Waals surface area contributed by atoms with Crippen LogP contribution in [0.25, 0.3) is 10.7 Å². The van der Waals surface area contributed by atoms with Crippen molar-refractivity contribution in [3.8, 4) is 10.7 Å². The van der Waals surface area contributed by atoms with Gasteiger partial charge in [0.15, 0.2) is 11.0 Å². The summed E-state index contributed by atoms with van der Waals surface area (Å²) < 4.78 is 17.6. The zero-order valence-corrected chi connectivity index (χ0v) is 20.0. The number of methoxy groups -OCH3 is 2. The highest BCUT2D eigenvalue weighted by molar-refractivity contribution is 7.98. The van der Waals surface area contributed by atoms with Gasteiger partial charge < -0.3 is 19.9 Å². The number of anilines is 1. The standard InChI is InChI=1S/C20H22N4O5S3/c1-27-18(25)14-12(15(19(26)28-2)32-16(14)21)10-31-20-23-22-17(13-6-4-8-30-13)24(20)9-11-5-3-7-29-11/h4,6,8,11H,3,5,7,9-10,21H2,1-2H3/t11-/m0/s1. The zero-order chi connectivity index (χ0) is 22.7. The first-order chi connectivity index (χ1) is 15.5. The fourth-order valence-corrected chi connectivity index (χ4v) is 6.26. The maximum atomic E-state index is 12.3. The summed E-state index contributed by atoms with van der Waals surface area (Å²) in [5, 5.41) is 11.7. The molecule has 32 heavy (non-hydrogen) atoms. The minimum Gasteiger partial charge on any atom is -0.465 e. The van der Waals surface area contributed by atoms with Crippen molar-refractivity contribution in [2.24, 2.45) is 0 Å². The lowest BCUT2D eigenvalue weighted by molar-refractivity contribution is 0.0601. The topological polar surface area (TPSA) is 119 Å². The number of esters is 2. The van der Waals surface area contributed by atoms with E-state index in [1.165, 1.54) is 26.0 Å². The summed E-state index contributed by atoms with van der Waals surface area (Å²) >= 11 is 3.97. The van der Waals surface area contributed by atoms with Gasteiger partial charge in [-0.1, -0.05) is 17.8 Å². The smallest absolute Gasteiger partial charge is 0.348 e. The first-order valence-corrected chi connectivity index (χ1v) is 12.5. The molecule has 3 aromatic rings. The number of nitrogen functional groups attached to an aromatic ring is 1. The van der Waals surface area contributed by atoms with Crippen molar-refractivity contribution in [1.82, 2.24) is 14.8 Å². The van der Waals surface area contributed by atoms with Gasteiger partial charge >= 0.3 is 11.9 Å². The van der Waals surface area contributed by atoms with Crippen molar-refractivity contribution in [3.63, 3.8) is 0 Å². The third kappa shape index (κ3) is 4.53. The van der Waals surface area contributed by atoms with Crippen LogP contribution in [0.5, 0.6) is 0 Å². The lowest BCUT2D eigenvalue weighted by atomic mass is 10.1. The van der Waals surface area contributed by atoms with Crippen molar-refractivity contribution in [2.75, 3.05) is 26.6 Å². The van der Waals surface area contributed by atoms with E-state index in [0.717, 1.165) is 41.5 Å². The first-order valence-electron chi connectivity index (χ1n) is 9.82. The number of nitrogens with two attached hydrogens (primary N) is 1. The molecule has 0 bridgehead atoms. The Bertz CT molecular complexity index is 1100. The fourth-order valence-electron chi connectivity index (χ4n) is 3.48. The van der Waals surface area contributed by atoms with Crippen LogP contribution in [0.1, 0.15) is 38.4 Å². The molecule has 0 spiro atoms. The summed E-state index contributed by atoms with van der Waals surface area (Å²) in [6.45, 7) is 1.38. The summed E-state index contributed by atoms with van der Waals surface area (Å²) in [6, 6.07) is 3.97. The molecular formula is C20H22N4O5S3. The number of hydrogen-bond donors (Lipinski definition) is 1. The molecule has 4 rings (SSSR count). The van der Waals surface area contributed by atoms with E-state index in [-0.39, 0.29) is 27.3 Å². The van der Waals surface area contributed by atoms with Crippen LogP contribution in [0, 0.1) is 0 Å². The Labute approximate surface area is 196 Å². The zero-order valence-electron chi connectivity index (χ0n) is 17.5. The molecule has 1 atom stereocenters. The first kappa shape index (κ1) is 22.8. The van der Waals surface area contributed by atoms with Gasteiger partial charge in [0.1, 0.15) is 9.88 Å². The van der Waals surface area contributed by atoms with Crippen molar-refractivity contribution < 1.29 is 23.8 Å². The van der Waals surface area contributed by atoms with Gasteiger partial charge in [-0.15, -0.1) is 32.9 Å². The highest BCUT2D eigenvalue weighted by Gasteiger charge is 2.28. The lowest BCUT2D eigenvalue weighted by Crippen LogP contribution is -2.16. The fraction of sp³-hybridized carbons (Fsp3) is 0.400. The van der Waals surface area contributed by atoms with Crippen molar-refractivity contribution >= 4 is 51.4 Å². The highest BCUT2D eigenvalue weighted by atomic mass is 32.2. The second-order valence-corrected chi connectivity index (χ2v) is 9.89. The monoisotopic (exact) mass is 494 g/mol. The summed E-state index contributed by atoms with van der Waals surface area (Å²) in [5.74, 6) is -0.0993. The average molecular weight is 495 g/mol. The normalized spacial score (nSPS) is 15.8. The molecule has 0 aromatic carbocycles. The van der Waals surface area contributed by atoms with Gasteiger partial charge in [0, 0.05) is 17.9 Å². The van der Waals surface area contributed by atoms with E-state index in [9.17, 15) is 9.59 Å². The quantitative estimate of drug-likeness (QED) is 0.369. The van der Waals surface area contributed by atoms with Gasteiger partial charge in [0.05, 0.1) is 37.3 Å². The highest BCUT2D eigenvalue weighted by Crippen LogP contribution is 2.37. The number of hydrogen-bond acceptors (Lipinski definition) is 11. The minimum atomic E-state index is -0.593. The lowest BCUT2D eigenvalue weighted by Gasteiger charge is -2.14. The number of carbonyl (C=O) groups is 2. The Morgan fingerprint density at radius 1 is 1.31 bits per heavy atom. The molecule has 1 aliphatic heterocycles. The van der Waals surface area contributed by atoms with Gasteiger partial charge in [0.25, 0.3) is 0 Å². The molecule has 12 heteroatoms. The number of carbonyl (C=O) groups excluding carboxylic acids is 2. The molecule has 0 unspecified atom stereocenters. The number of thiophene rings is 2. The third-order valence-electron chi connectivity index (χ3n) is 5.01. The molecular weight excluding hydrogens is 472 g/mol. The summed E-state index contributed by atoms with van der Waals surface area (Å²) in [4.78, 5) is 25.9. The molecule has 0 amide bonds. The molecule has 1 saturated heterocycles. The predicted octanol–water partition coefficient (Wildman–Crippen LogP) is 3.69. The van der Waals surface area contributed by atoms with Crippen molar-refractivity contribution in [2.45, 2.75) is 36.4 Å². The van der Waals surface area contributed by atoms with E-state index in [2.05, 4.69) is 10.2 Å². The van der Waals surface area contributed by atoms with Crippen molar-refractivity contribution in [1.29, 1.82) is 0 Å². The Kier molecular flexibility index (Phi) is 7.13. The van der Waals surface area contributed by atoms with Crippen LogP contribution < -0.4 is 5.73 Å². The van der Waals surface area contributed by atoms with Gasteiger partial charge in [-0.25, -0.2) is 9.59 Å². The maximum absolute atomic E-state index is 12.3. The summed E-state index contributed by atoms with van der Waals surface area (Å²) in [5.41, 5.74) is 6.70. The molecule has 170 valence electrons. The van der Waals surface area contributed by atoms with Crippen LogP contribution >= 0.6 is 34.4 Å². The molecule has 2 N–H and O–H groups in total. The van der Waals surface area contributed by atoms with E-state index in [1.54, 1.807) is 11.3 Å². The van der Waals surface area contributed by atoms with Gasteiger partial charge in [-0.2, -0.15) is 0 Å². The number of ether oxygens (including phenoxy) is 3. The van der Waals surface area contributed by atoms with Gasteiger partial charge in [0.2, 0.25) is 0 Å². The van der Waals surface area contributed by atoms with Crippen LogP contribution in [-0.4, -0.2) is 53.6 Å². The number of thioether (sulfide) groups is 1. The number of aromatic nitrogens is 3. The SMILES string of the molecule is COC(=O)c1sc(N)c(C(=O)OC)c1CSc1nnc(-c2cccs2)n1C[C@@H]1CCCO1. The molecule has 3 aromatic heterocycles. The van der Waals surface area contributed by atoms with Crippen molar-refractivity contribution in [3.05, 3.63) is 33.5 Å². The van der Waals surface area contributed by atoms with E-state index in [1.807, 2.05) is 22.1 Å². The number of nitrogens with zero attached hydrogens (tertiary/aromatic N) is 3. The number of rotatable bonds is 8. The second-order valence-electron chi connectivity index (χ2n) is 6.95. The molecule has 0 aliphatic carbocycles. The largest absolute Gasteiger partial charge is 0.465 e. The molecule has 9 nitrogen and oxygen atoms in total. The Morgan fingerprint density at radius 3 is 2.78 bits per heavy atom. The second kappa shape index (κ2) is 10.0. The average Bonchev–Trinajstić information content (AvgIpc) is 3.59. The maximum Gasteiger partial charge on any atom is 0.348 e. The summed E-state index contributed by atoms with van der Waals surface area (Å²) in [7, 11) is 2.57. The van der Waals surface area contributed by atoms with Gasteiger partial charge in [-0.05, 0) is 24.3 Å². The molecule has 0 radical (unpaired) electrons. The molecule has 1 aliphatic rings. The Morgan fingerprint density at radius 2 is 2.12 bits per heavy atom. The Balaban J connectivity index is 1.66. The van der Waals surface area contributed by atoms with Crippen LogP contribution in [-0.2, 0) is 26.5 Å². The van der Waals surface area contributed by atoms with Gasteiger partial charge in [-0.3, -0.25) is 4.57 Å². The van der Waals surface area contributed by atoms with E-state index >= 15 is 0 Å². The van der Waals surface area contributed by atoms with Crippen LogP contribution in [0.2, 0.25) is 0 Å².